The van der Waals surface area contributed by atoms with Crippen molar-refractivity contribution in [3.63, 3.8) is 0 Å². The van der Waals surface area contributed by atoms with Crippen LogP contribution in [-0.2, 0) is 0 Å². The molecule has 23 heavy (non-hydrogen) atoms. The van der Waals surface area contributed by atoms with Crippen molar-refractivity contribution in [3.8, 4) is 0 Å². The van der Waals surface area contributed by atoms with Crippen molar-refractivity contribution in [1.82, 2.24) is 4.57 Å². The topological polar surface area (TPSA) is 65.1 Å². The molecule has 0 radical (unpaired) electrons. The molecule has 0 saturated heterocycles. The molecule has 0 aliphatic heterocycles. The maximum atomic E-state index is 13.0. The summed E-state index contributed by atoms with van der Waals surface area (Å²) in [5.74, 6) is -0.493. The second kappa shape index (κ2) is 6.36. The normalized spacial score (nSPS) is 15.5. The van der Waals surface area contributed by atoms with E-state index < -0.39 is 5.82 Å². The Labute approximate surface area is 133 Å². The minimum absolute atomic E-state index is 0.0530. The molecule has 0 spiro atoms. The number of pyridine rings is 1. The smallest absolute Gasteiger partial charge is 0.252 e. The number of carbonyl (C=O) groups is 1. The Morgan fingerprint density at radius 2 is 1.70 bits per heavy atom. The predicted octanol–water partition coefficient (Wildman–Crippen LogP) is 3.31. The van der Waals surface area contributed by atoms with E-state index in [0.29, 0.717) is 11.1 Å². The first-order chi connectivity index (χ1) is 11.1. The number of halogens is 1. The zero-order chi connectivity index (χ0) is 16.4. The molecule has 0 amide bonds. The van der Waals surface area contributed by atoms with Crippen LogP contribution in [-0.4, -0.2) is 10.4 Å². The third-order valence-corrected chi connectivity index (χ3v) is 4.46. The highest BCUT2D eigenvalue weighted by Gasteiger charge is 2.22. The van der Waals surface area contributed by atoms with Gasteiger partial charge < -0.3 is 5.73 Å². The fourth-order valence-corrected chi connectivity index (χ4v) is 3.23. The summed E-state index contributed by atoms with van der Waals surface area (Å²) in [7, 11) is 0. The molecule has 1 aliphatic rings. The summed E-state index contributed by atoms with van der Waals surface area (Å²) < 4.78 is 14.6. The Hall–Kier alpha value is -2.43. The number of ketones is 1. The van der Waals surface area contributed by atoms with Crippen LogP contribution in [0.1, 0.15) is 54.1 Å². The van der Waals surface area contributed by atoms with Gasteiger partial charge in [-0.15, -0.1) is 0 Å². The number of aromatic nitrogens is 1. The molecule has 0 atom stereocenters. The van der Waals surface area contributed by atoms with Crippen LogP contribution in [0.2, 0.25) is 0 Å². The quantitative estimate of drug-likeness (QED) is 0.884. The van der Waals surface area contributed by atoms with E-state index in [-0.39, 0.29) is 23.2 Å². The third kappa shape index (κ3) is 3.04. The Bertz CT molecular complexity index is 775. The lowest BCUT2D eigenvalue weighted by molar-refractivity contribution is 0.103. The number of hydrogen-bond donors (Lipinski definition) is 1. The van der Waals surface area contributed by atoms with Gasteiger partial charge in [-0.1, -0.05) is 19.3 Å². The van der Waals surface area contributed by atoms with Gasteiger partial charge in [0.1, 0.15) is 11.6 Å². The van der Waals surface area contributed by atoms with E-state index in [1.807, 2.05) is 0 Å². The first kappa shape index (κ1) is 15.5. The van der Waals surface area contributed by atoms with E-state index in [1.54, 1.807) is 4.57 Å². The standard InChI is InChI=1S/C18H19FN2O2/c19-13-8-6-12(7-9-13)17(23)15-10-11-16(22)21(18(15)20)14-4-2-1-3-5-14/h6-11,14H,1-5,20H2. The summed E-state index contributed by atoms with van der Waals surface area (Å²) >= 11 is 0. The van der Waals surface area contributed by atoms with E-state index in [2.05, 4.69) is 0 Å². The monoisotopic (exact) mass is 314 g/mol. The minimum atomic E-state index is -0.401. The highest BCUT2D eigenvalue weighted by molar-refractivity contribution is 6.11. The molecule has 4 nitrogen and oxygen atoms in total. The Balaban J connectivity index is 2.01. The van der Waals surface area contributed by atoms with Crippen molar-refractivity contribution in [2.24, 2.45) is 0 Å². The van der Waals surface area contributed by atoms with Crippen LogP contribution in [0.15, 0.2) is 41.2 Å². The number of carbonyl (C=O) groups excluding carboxylic acids is 1. The predicted molar refractivity (Wildman–Crippen MR) is 87.1 cm³/mol. The first-order valence-electron chi connectivity index (χ1n) is 7.89. The van der Waals surface area contributed by atoms with Crippen molar-refractivity contribution in [3.05, 3.63) is 63.7 Å². The van der Waals surface area contributed by atoms with E-state index in [1.165, 1.54) is 42.8 Å². The molecule has 1 aliphatic carbocycles. The van der Waals surface area contributed by atoms with Crippen molar-refractivity contribution in [2.45, 2.75) is 38.1 Å². The van der Waals surface area contributed by atoms with Crippen molar-refractivity contribution >= 4 is 11.6 Å². The van der Waals surface area contributed by atoms with Crippen LogP contribution < -0.4 is 11.3 Å². The molecule has 120 valence electrons. The molecule has 3 rings (SSSR count). The van der Waals surface area contributed by atoms with Crippen LogP contribution in [0.3, 0.4) is 0 Å². The second-order valence-corrected chi connectivity index (χ2v) is 5.97. The molecule has 1 saturated carbocycles. The molecule has 2 aromatic rings. The van der Waals surface area contributed by atoms with Crippen molar-refractivity contribution < 1.29 is 9.18 Å². The Kier molecular flexibility index (Phi) is 4.28. The van der Waals surface area contributed by atoms with Crippen LogP contribution in [0, 0.1) is 5.82 Å². The number of nitrogens with two attached hydrogens (primary N) is 1. The minimum Gasteiger partial charge on any atom is -0.384 e. The third-order valence-electron chi connectivity index (χ3n) is 4.46. The van der Waals surface area contributed by atoms with Gasteiger partial charge >= 0.3 is 0 Å². The van der Waals surface area contributed by atoms with E-state index in [4.69, 9.17) is 5.73 Å². The zero-order valence-corrected chi connectivity index (χ0v) is 12.8. The summed E-state index contributed by atoms with van der Waals surface area (Å²) in [6, 6.07) is 8.23. The molecular weight excluding hydrogens is 295 g/mol. The number of anilines is 1. The number of nitrogens with zero attached hydrogens (tertiary/aromatic N) is 1. The summed E-state index contributed by atoms with van der Waals surface area (Å²) in [4.78, 5) is 24.8. The summed E-state index contributed by atoms with van der Waals surface area (Å²) in [6.45, 7) is 0. The molecule has 5 heteroatoms. The zero-order valence-electron chi connectivity index (χ0n) is 12.8. The molecule has 1 fully saturated rings. The van der Waals surface area contributed by atoms with Crippen LogP contribution >= 0.6 is 0 Å². The average molecular weight is 314 g/mol. The highest BCUT2D eigenvalue weighted by atomic mass is 19.1. The average Bonchev–Trinajstić information content (AvgIpc) is 2.56. The maximum Gasteiger partial charge on any atom is 0.252 e. The molecule has 0 unspecified atom stereocenters. The summed E-state index contributed by atoms with van der Waals surface area (Å²) in [6.07, 6.45) is 5.09. The van der Waals surface area contributed by atoms with Crippen molar-refractivity contribution in [2.75, 3.05) is 5.73 Å². The van der Waals surface area contributed by atoms with Gasteiger partial charge in [0.15, 0.2) is 5.78 Å². The molecule has 1 heterocycles. The van der Waals surface area contributed by atoms with E-state index >= 15 is 0 Å². The van der Waals surface area contributed by atoms with Gasteiger partial charge in [-0.05, 0) is 43.2 Å². The molecule has 1 aromatic carbocycles. The maximum absolute atomic E-state index is 13.0. The Morgan fingerprint density at radius 3 is 2.35 bits per heavy atom. The van der Waals surface area contributed by atoms with Crippen molar-refractivity contribution in [1.29, 1.82) is 0 Å². The fraction of sp³-hybridized carbons (Fsp3) is 0.333. The van der Waals surface area contributed by atoms with Crippen LogP contribution in [0.4, 0.5) is 10.2 Å². The van der Waals surface area contributed by atoms with Gasteiger partial charge in [-0.2, -0.15) is 0 Å². The SMILES string of the molecule is Nc1c(C(=O)c2ccc(F)cc2)ccc(=O)n1C1CCCCC1. The van der Waals surface area contributed by atoms with Crippen LogP contribution in [0.5, 0.6) is 0 Å². The Morgan fingerprint density at radius 1 is 1.04 bits per heavy atom. The van der Waals surface area contributed by atoms with Gasteiger partial charge in [0.2, 0.25) is 0 Å². The molecule has 2 N–H and O–H groups in total. The number of benzene rings is 1. The van der Waals surface area contributed by atoms with Gasteiger partial charge in [0, 0.05) is 17.7 Å². The number of nitrogen functional groups attached to an aromatic ring is 1. The molecule has 1 aromatic heterocycles. The molecular formula is C18H19FN2O2. The van der Waals surface area contributed by atoms with Gasteiger partial charge in [-0.3, -0.25) is 14.2 Å². The lowest BCUT2D eigenvalue weighted by Gasteiger charge is -2.26. The largest absolute Gasteiger partial charge is 0.384 e. The summed E-state index contributed by atoms with van der Waals surface area (Å²) in [5.41, 5.74) is 6.62. The highest BCUT2D eigenvalue weighted by Crippen LogP contribution is 2.29. The second-order valence-electron chi connectivity index (χ2n) is 5.97. The lowest BCUT2D eigenvalue weighted by atomic mass is 9.94. The first-order valence-corrected chi connectivity index (χ1v) is 7.89. The van der Waals surface area contributed by atoms with E-state index in [9.17, 15) is 14.0 Å². The van der Waals surface area contributed by atoms with Gasteiger partial charge in [-0.25, -0.2) is 4.39 Å². The number of hydrogen-bond acceptors (Lipinski definition) is 3. The number of rotatable bonds is 3. The van der Waals surface area contributed by atoms with Gasteiger partial charge in [0.05, 0.1) is 5.56 Å². The molecule has 0 bridgehead atoms. The van der Waals surface area contributed by atoms with Gasteiger partial charge in [0.25, 0.3) is 5.56 Å². The summed E-state index contributed by atoms with van der Waals surface area (Å²) in [5, 5.41) is 0. The lowest BCUT2D eigenvalue weighted by Crippen LogP contribution is -2.29. The van der Waals surface area contributed by atoms with E-state index in [0.717, 1.165) is 25.7 Å². The fourth-order valence-electron chi connectivity index (χ4n) is 3.23. The van der Waals surface area contributed by atoms with Crippen LogP contribution in [0.25, 0.3) is 0 Å².